The second kappa shape index (κ2) is 7.76. The molecular weight excluding hydrogens is 359 g/mol. The van der Waals surface area contributed by atoms with Crippen LogP contribution in [0.3, 0.4) is 0 Å². The Balaban J connectivity index is 1.73. The first-order valence-electron chi connectivity index (χ1n) is 8.64. The number of nitrogens with zero attached hydrogens (tertiary/aromatic N) is 2. The van der Waals surface area contributed by atoms with Crippen LogP contribution in [-0.2, 0) is 4.79 Å². The molecule has 0 aliphatic carbocycles. The van der Waals surface area contributed by atoms with E-state index >= 15 is 0 Å². The molecule has 27 heavy (non-hydrogen) atoms. The monoisotopic (exact) mass is 376 g/mol. The quantitative estimate of drug-likeness (QED) is 0.585. The summed E-state index contributed by atoms with van der Waals surface area (Å²) in [5, 5.41) is 0.526. The minimum absolute atomic E-state index is 0.0241. The smallest absolute Gasteiger partial charge is 0.234 e. The summed E-state index contributed by atoms with van der Waals surface area (Å²) in [6, 6.07) is 25.4. The number of benzene rings is 3. The highest BCUT2D eigenvalue weighted by Gasteiger charge is 2.33. The molecule has 1 amide bonds. The Hall–Kier alpha value is -2.92. The van der Waals surface area contributed by atoms with E-state index in [1.165, 1.54) is 23.9 Å². The number of thioether (sulfide) groups is 1. The van der Waals surface area contributed by atoms with Gasteiger partial charge in [0.15, 0.2) is 5.17 Å². The van der Waals surface area contributed by atoms with Crippen LogP contribution in [0.25, 0.3) is 0 Å². The maximum absolute atomic E-state index is 13.3. The lowest BCUT2D eigenvalue weighted by Crippen LogP contribution is -2.40. The highest BCUT2D eigenvalue weighted by Crippen LogP contribution is 2.41. The average Bonchev–Trinajstić information content (AvgIpc) is 2.70. The van der Waals surface area contributed by atoms with Crippen molar-refractivity contribution in [2.24, 2.45) is 4.99 Å². The van der Waals surface area contributed by atoms with E-state index in [1.54, 1.807) is 17.0 Å². The molecule has 0 N–H and O–H groups in total. The fourth-order valence-electron chi connectivity index (χ4n) is 2.96. The van der Waals surface area contributed by atoms with Crippen molar-refractivity contribution >= 4 is 34.2 Å². The lowest BCUT2D eigenvalue weighted by molar-refractivity contribution is -0.117. The largest absolute Gasteiger partial charge is 0.274 e. The van der Waals surface area contributed by atoms with Crippen molar-refractivity contribution in [1.82, 2.24) is 0 Å². The minimum Gasteiger partial charge on any atom is -0.274 e. The summed E-state index contributed by atoms with van der Waals surface area (Å²) >= 11 is 1.52. The molecule has 0 aromatic heterocycles. The van der Waals surface area contributed by atoms with Crippen LogP contribution in [-0.4, -0.2) is 11.1 Å². The van der Waals surface area contributed by atoms with Crippen molar-refractivity contribution in [3.05, 3.63) is 96.3 Å². The maximum Gasteiger partial charge on any atom is 0.234 e. The molecule has 3 aromatic carbocycles. The van der Waals surface area contributed by atoms with Gasteiger partial charge in [-0.05, 0) is 42.0 Å². The molecule has 0 saturated carbocycles. The third-order valence-corrected chi connectivity index (χ3v) is 5.49. The molecule has 1 heterocycles. The van der Waals surface area contributed by atoms with Crippen LogP contribution in [0.15, 0.2) is 89.9 Å². The molecule has 5 heteroatoms. The van der Waals surface area contributed by atoms with Gasteiger partial charge in [0, 0.05) is 11.7 Å². The average molecular weight is 376 g/mol. The van der Waals surface area contributed by atoms with Crippen LogP contribution >= 0.6 is 11.8 Å². The fraction of sp³-hybridized carbons (Fsp3) is 0.0909. The molecule has 1 aliphatic rings. The molecule has 0 bridgehead atoms. The van der Waals surface area contributed by atoms with Crippen LogP contribution in [0.5, 0.6) is 0 Å². The van der Waals surface area contributed by atoms with Gasteiger partial charge in [-0.2, -0.15) is 0 Å². The Morgan fingerprint density at radius 2 is 1.52 bits per heavy atom. The molecule has 1 aliphatic heterocycles. The number of carbonyl (C=O) groups excluding carboxylic acids is 1. The van der Waals surface area contributed by atoms with Crippen LogP contribution in [0.4, 0.5) is 15.8 Å². The van der Waals surface area contributed by atoms with E-state index in [0.717, 1.165) is 16.9 Å². The molecule has 0 radical (unpaired) electrons. The van der Waals surface area contributed by atoms with Crippen LogP contribution in [0.1, 0.15) is 17.2 Å². The second-order valence-electron chi connectivity index (χ2n) is 6.16. The van der Waals surface area contributed by atoms with Crippen LogP contribution in [0.2, 0.25) is 0 Å². The number of amides is 1. The SMILES string of the molecule is O=C1C[C@H](c2ccc(F)cc2)SC(=Nc2ccccc2)N1c1ccccc1. The van der Waals surface area contributed by atoms with Crippen molar-refractivity contribution < 1.29 is 9.18 Å². The molecule has 3 aromatic rings. The van der Waals surface area contributed by atoms with Crippen molar-refractivity contribution in [2.45, 2.75) is 11.7 Å². The van der Waals surface area contributed by atoms with Gasteiger partial charge >= 0.3 is 0 Å². The number of para-hydroxylation sites is 2. The van der Waals surface area contributed by atoms with E-state index in [0.29, 0.717) is 11.6 Å². The summed E-state index contributed by atoms with van der Waals surface area (Å²) in [5.41, 5.74) is 2.50. The normalized spacial score (nSPS) is 18.7. The van der Waals surface area contributed by atoms with E-state index in [9.17, 15) is 9.18 Å². The summed E-state index contributed by atoms with van der Waals surface area (Å²) in [7, 11) is 0. The maximum atomic E-state index is 13.3. The second-order valence-corrected chi connectivity index (χ2v) is 7.33. The van der Waals surface area contributed by atoms with E-state index in [-0.39, 0.29) is 17.0 Å². The zero-order chi connectivity index (χ0) is 18.6. The molecule has 1 fully saturated rings. The third kappa shape index (κ3) is 3.93. The summed E-state index contributed by atoms with van der Waals surface area (Å²) in [5.74, 6) is -0.307. The Kier molecular flexibility index (Phi) is 5.03. The summed E-state index contributed by atoms with van der Waals surface area (Å²) in [6.07, 6.45) is 0.332. The Morgan fingerprint density at radius 3 is 2.19 bits per heavy atom. The zero-order valence-electron chi connectivity index (χ0n) is 14.5. The Labute approximate surface area is 161 Å². The van der Waals surface area contributed by atoms with Gasteiger partial charge in [0.2, 0.25) is 5.91 Å². The van der Waals surface area contributed by atoms with Gasteiger partial charge < -0.3 is 0 Å². The van der Waals surface area contributed by atoms with Gasteiger partial charge in [-0.15, -0.1) is 0 Å². The Morgan fingerprint density at radius 1 is 0.889 bits per heavy atom. The molecule has 3 nitrogen and oxygen atoms in total. The molecule has 0 unspecified atom stereocenters. The molecule has 0 spiro atoms. The van der Waals surface area contributed by atoms with Gasteiger partial charge in [0.05, 0.1) is 11.4 Å². The number of halogens is 1. The van der Waals surface area contributed by atoms with Gasteiger partial charge in [-0.3, -0.25) is 9.69 Å². The highest BCUT2D eigenvalue weighted by atomic mass is 32.2. The number of amidine groups is 1. The highest BCUT2D eigenvalue weighted by molar-refractivity contribution is 8.14. The standard InChI is InChI=1S/C22H17FN2OS/c23-17-13-11-16(12-14-17)20-15-21(26)25(19-9-5-2-6-10-19)22(27-20)24-18-7-3-1-4-8-18/h1-14,20H,15H2/t20-/m1/s1. The fourth-order valence-corrected chi connectivity index (χ4v) is 4.21. The van der Waals surface area contributed by atoms with Crippen molar-refractivity contribution in [3.8, 4) is 0 Å². The van der Waals surface area contributed by atoms with E-state index < -0.39 is 0 Å². The lowest BCUT2D eigenvalue weighted by Gasteiger charge is -2.32. The molecule has 4 rings (SSSR count). The van der Waals surface area contributed by atoms with Gasteiger partial charge in [0.25, 0.3) is 0 Å². The van der Waals surface area contributed by atoms with E-state index in [1.807, 2.05) is 60.7 Å². The number of rotatable bonds is 3. The van der Waals surface area contributed by atoms with Gasteiger partial charge in [0.1, 0.15) is 5.82 Å². The van der Waals surface area contributed by atoms with Gasteiger partial charge in [-0.1, -0.05) is 60.3 Å². The Bertz CT molecular complexity index is 959. The molecule has 1 saturated heterocycles. The number of anilines is 1. The number of hydrogen-bond donors (Lipinski definition) is 0. The topological polar surface area (TPSA) is 32.7 Å². The predicted molar refractivity (Wildman–Crippen MR) is 109 cm³/mol. The van der Waals surface area contributed by atoms with Crippen molar-refractivity contribution in [3.63, 3.8) is 0 Å². The van der Waals surface area contributed by atoms with Crippen molar-refractivity contribution in [1.29, 1.82) is 0 Å². The summed E-state index contributed by atoms with van der Waals surface area (Å²) in [6.45, 7) is 0. The summed E-state index contributed by atoms with van der Waals surface area (Å²) in [4.78, 5) is 19.4. The number of hydrogen-bond acceptors (Lipinski definition) is 3. The van der Waals surface area contributed by atoms with Crippen LogP contribution < -0.4 is 4.90 Å². The predicted octanol–water partition coefficient (Wildman–Crippen LogP) is 5.72. The van der Waals surface area contributed by atoms with E-state index in [4.69, 9.17) is 4.99 Å². The van der Waals surface area contributed by atoms with Crippen molar-refractivity contribution in [2.75, 3.05) is 4.90 Å². The molecular formula is C22H17FN2OS. The number of carbonyl (C=O) groups is 1. The minimum atomic E-state index is -0.282. The van der Waals surface area contributed by atoms with Gasteiger partial charge in [-0.25, -0.2) is 9.38 Å². The van der Waals surface area contributed by atoms with E-state index in [2.05, 4.69) is 0 Å². The van der Waals surface area contributed by atoms with Crippen LogP contribution in [0, 0.1) is 5.82 Å². The zero-order valence-corrected chi connectivity index (χ0v) is 15.3. The number of aliphatic imine (C=N–C) groups is 1. The first kappa shape index (κ1) is 17.5. The first-order valence-corrected chi connectivity index (χ1v) is 9.52. The summed E-state index contributed by atoms with van der Waals surface area (Å²) < 4.78 is 13.3. The first-order chi connectivity index (χ1) is 13.2. The third-order valence-electron chi connectivity index (χ3n) is 4.29. The molecule has 1 atom stereocenters. The molecule has 134 valence electrons. The lowest BCUT2D eigenvalue weighted by atomic mass is 10.1.